The zero-order valence-electron chi connectivity index (χ0n) is 19.7. The van der Waals surface area contributed by atoms with Crippen molar-refractivity contribution in [3.63, 3.8) is 0 Å². The van der Waals surface area contributed by atoms with E-state index in [1.807, 2.05) is 0 Å². The molecule has 10 nitrogen and oxygen atoms in total. The first-order valence-corrected chi connectivity index (χ1v) is 12.8. The first-order chi connectivity index (χ1) is 16.2. The fourth-order valence-electron chi connectivity index (χ4n) is 4.08. The summed E-state index contributed by atoms with van der Waals surface area (Å²) in [6.07, 6.45) is 0. The highest BCUT2D eigenvalue weighted by molar-refractivity contribution is 7.89. The number of likely N-dealkylation sites (N-methyl/N-ethyl adjacent to an activating group) is 1. The second-order valence-corrected chi connectivity index (χ2v) is 9.86. The van der Waals surface area contributed by atoms with Crippen LogP contribution in [0.15, 0.2) is 47.4 Å². The first-order valence-electron chi connectivity index (χ1n) is 11.4. The van der Waals surface area contributed by atoms with Gasteiger partial charge in [0.1, 0.15) is 5.56 Å². The summed E-state index contributed by atoms with van der Waals surface area (Å²) in [5, 5.41) is 14.2. The van der Waals surface area contributed by atoms with E-state index in [1.165, 1.54) is 28.6 Å². The topological polar surface area (TPSA) is 116 Å². The average Bonchev–Trinajstić information content (AvgIpc) is 2.84. The number of nitrogens with zero attached hydrogens (tertiary/aromatic N) is 4. The van der Waals surface area contributed by atoms with E-state index < -0.39 is 20.9 Å². The lowest BCUT2D eigenvalue weighted by Crippen LogP contribution is -2.46. The van der Waals surface area contributed by atoms with Gasteiger partial charge in [0.2, 0.25) is 10.0 Å². The van der Waals surface area contributed by atoms with Gasteiger partial charge in [-0.3, -0.25) is 14.9 Å². The van der Waals surface area contributed by atoms with Crippen LogP contribution in [0.5, 0.6) is 0 Å². The fourth-order valence-corrected chi connectivity index (χ4v) is 5.57. The molecule has 1 fully saturated rings. The number of rotatable bonds is 9. The molecule has 0 spiro atoms. The number of nitro benzene ring substituents is 1. The molecule has 0 aromatic heterocycles. The number of benzene rings is 2. The second-order valence-electron chi connectivity index (χ2n) is 7.92. The lowest BCUT2D eigenvalue weighted by molar-refractivity contribution is -0.385. The van der Waals surface area contributed by atoms with Gasteiger partial charge in [-0.05, 0) is 30.8 Å². The molecule has 0 saturated carbocycles. The van der Waals surface area contributed by atoms with Crippen LogP contribution in [0.3, 0.4) is 0 Å². The molecule has 2 aromatic rings. The van der Waals surface area contributed by atoms with Crippen LogP contribution >= 0.6 is 0 Å². The van der Waals surface area contributed by atoms with Gasteiger partial charge >= 0.3 is 0 Å². The minimum absolute atomic E-state index is 0.0602. The third-order valence-electron chi connectivity index (χ3n) is 6.06. The Hall–Kier alpha value is -3.02. The van der Waals surface area contributed by atoms with Gasteiger partial charge in [0.25, 0.3) is 11.6 Å². The van der Waals surface area contributed by atoms with E-state index in [4.69, 9.17) is 0 Å². The summed E-state index contributed by atoms with van der Waals surface area (Å²) < 4.78 is 27.6. The Morgan fingerprint density at radius 3 is 2.29 bits per heavy atom. The predicted octanol–water partition coefficient (Wildman–Crippen LogP) is 3.02. The van der Waals surface area contributed by atoms with Gasteiger partial charge in [-0.1, -0.05) is 32.9 Å². The molecule has 0 unspecified atom stereocenters. The van der Waals surface area contributed by atoms with Crippen molar-refractivity contribution in [3.05, 3.63) is 58.1 Å². The largest absolute Gasteiger partial charge is 0.367 e. The molecule has 0 bridgehead atoms. The third kappa shape index (κ3) is 5.37. The molecule has 0 atom stereocenters. The molecule has 1 aliphatic rings. The summed E-state index contributed by atoms with van der Waals surface area (Å²) in [5.74, 6) is -0.668. The molecule has 0 aliphatic carbocycles. The summed E-state index contributed by atoms with van der Waals surface area (Å²) >= 11 is 0. The van der Waals surface area contributed by atoms with Gasteiger partial charge < -0.3 is 15.1 Å². The Bertz CT molecular complexity index is 1140. The van der Waals surface area contributed by atoms with Gasteiger partial charge in [0, 0.05) is 45.3 Å². The number of hydrogen-bond donors (Lipinski definition) is 1. The van der Waals surface area contributed by atoms with E-state index in [1.54, 1.807) is 32.0 Å². The highest BCUT2D eigenvalue weighted by Gasteiger charge is 2.27. The Labute approximate surface area is 200 Å². The monoisotopic (exact) mass is 489 g/mol. The van der Waals surface area contributed by atoms with Crippen LogP contribution in [0, 0.1) is 10.1 Å². The summed E-state index contributed by atoms with van der Waals surface area (Å²) in [5.41, 5.74) is 0.582. The minimum Gasteiger partial charge on any atom is -0.367 e. The predicted molar refractivity (Wildman–Crippen MR) is 132 cm³/mol. The standard InChI is InChI=1S/C23H31N5O5S/c1-4-25-13-15-26(16-14-25)22-12-11-18(34(32,33)27(5-2)6-3)17-20(22)24-23(29)19-9-7-8-10-21(19)28(30)31/h7-12,17H,4-6,13-16H2,1-3H3,(H,24,29). The Kier molecular flexibility index (Phi) is 8.24. The van der Waals surface area contributed by atoms with Crippen molar-refractivity contribution in [2.75, 3.05) is 56.0 Å². The van der Waals surface area contributed by atoms with Crippen molar-refractivity contribution in [1.82, 2.24) is 9.21 Å². The van der Waals surface area contributed by atoms with E-state index in [0.717, 1.165) is 19.6 Å². The Balaban J connectivity index is 2.03. The molecule has 184 valence electrons. The first kappa shape index (κ1) is 25.6. The smallest absolute Gasteiger partial charge is 0.282 e. The van der Waals surface area contributed by atoms with Gasteiger partial charge in [0.05, 0.1) is 21.2 Å². The number of anilines is 2. The van der Waals surface area contributed by atoms with E-state index in [9.17, 15) is 23.3 Å². The van der Waals surface area contributed by atoms with Crippen LogP contribution in [-0.4, -0.2) is 74.3 Å². The highest BCUT2D eigenvalue weighted by Crippen LogP contribution is 2.32. The van der Waals surface area contributed by atoms with Crippen molar-refractivity contribution in [2.24, 2.45) is 0 Å². The SMILES string of the molecule is CCN1CCN(c2ccc(S(=O)(=O)N(CC)CC)cc2NC(=O)c2ccccc2[N+](=O)[O-])CC1. The lowest BCUT2D eigenvalue weighted by atomic mass is 10.1. The molecule has 1 aliphatic heterocycles. The van der Waals surface area contributed by atoms with Crippen molar-refractivity contribution in [3.8, 4) is 0 Å². The summed E-state index contributed by atoms with van der Waals surface area (Å²) in [6.45, 7) is 10.3. The van der Waals surface area contributed by atoms with Crippen LogP contribution in [0.25, 0.3) is 0 Å². The number of para-hydroxylation sites is 1. The molecule has 3 rings (SSSR count). The highest BCUT2D eigenvalue weighted by atomic mass is 32.2. The van der Waals surface area contributed by atoms with Crippen molar-refractivity contribution < 1.29 is 18.1 Å². The maximum atomic E-state index is 13.1. The van der Waals surface area contributed by atoms with E-state index >= 15 is 0 Å². The number of amides is 1. The van der Waals surface area contributed by atoms with Crippen molar-refractivity contribution >= 4 is 33.0 Å². The number of carbonyl (C=O) groups is 1. The van der Waals surface area contributed by atoms with Gasteiger partial charge in [-0.15, -0.1) is 0 Å². The molecule has 34 heavy (non-hydrogen) atoms. The number of sulfonamides is 1. The van der Waals surface area contributed by atoms with Crippen LogP contribution in [-0.2, 0) is 10.0 Å². The lowest BCUT2D eigenvalue weighted by Gasteiger charge is -2.36. The van der Waals surface area contributed by atoms with Gasteiger partial charge in [-0.2, -0.15) is 4.31 Å². The number of nitro groups is 1. The maximum Gasteiger partial charge on any atom is 0.282 e. The molecular formula is C23H31N5O5S. The molecule has 1 amide bonds. The van der Waals surface area contributed by atoms with Crippen molar-refractivity contribution in [1.29, 1.82) is 0 Å². The molecule has 0 radical (unpaired) electrons. The normalized spacial score (nSPS) is 14.9. The third-order valence-corrected chi connectivity index (χ3v) is 8.11. The zero-order chi connectivity index (χ0) is 24.9. The molecule has 11 heteroatoms. The van der Waals surface area contributed by atoms with Gasteiger partial charge in [-0.25, -0.2) is 8.42 Å². The van der Waals surface area contributed by atoms with Crippen LogP contribution in [0.2, 0.25) is 0 Å². The van der Waals surface area contributed by atoms with E-state index in [2.05, 4.69) is 22.0 Å². The zero-order valence-corrected chi connectivity index (χ0v) is 20.5. The summed E-state index contributed by atoms with van der Waals surface area (Å²) in [6, 6.07) is 10.4. The number of piperazine rings is 1. The summed E-state index contributed by atoms with van der Waals surface area (Å²) in [7, 11) is -3.76. The molecule has 1 heterocycles. The summed E-state index contributed by atoms with van der Waals surface area (Å²) in [4.78, 5) is 28.3. The molecular weight excluding hydrogens is 458 g/mol. The number of hydrogen-bond acceptors (Lipinski definition) is 7. The second kappa shape index (κ2) is 10.9. The van der Waals surface area contributed by atoms with E-state index in [-0.39, 0.29) is 16.1 Å². The van der Waals surface area contributed by atoms with E-state index in [0.29, 0.717) is 37.6 Å². The maximum absolute atomic E-state index is 13.1. The number of nitrogens with one attached hydrogen (secondary N) is 1. The Morgan fingerprint density at radius 1 is 1.06 bits per heavy atom. The minimum atomic E-state index is -3.76. The average molecular weight is 490 g/mol. The molecule has 1 N–H and O–H groups in total. The van der Waals surface area contributed by atoms with Crippen molar-refractivity contribution in [2.45, 2.75) is 25.7 Å². The van der Waals surface area contributed by atoms with Crippen LogP contribution in [0.4, 0.5) is 17.1 Å². The Morgan fingerprint density at radius 2 is 1.71 bits per heavy atom. The molecule has 1 saturated heterocycles. The van der Waals surface area contributed by atoms with Crippen LogP contribution in [0.1, 0.15) is 31.1 Å². The van der Waals surface area contributed by atoms with Crippen LogP contribution < -0.4 is 10.2 Å². The number of carbonyl (C=O) groups excluding carboxylic acids is 1. The van der Waals surface area contributed by atoms with Gasteiger partial charge in [0.15, 0.2) is 0 Å². The fraction of sp³-hybridized carbons (Fsp3) is 0.435. The quantitative estimate of drug-likeness (QED) is 0.425. The molecule has 2 aromatic carbocycles.